The summed E-state index contributed by atoms with van der Waals surface area (Å²) in [4.78, 5) is 79.3. The Kier molecular flexibility index (Phi) is 6.24. The molecule has 168 valence electrons. The standard InChI is InChI=1S/C22H22N2O8/c1-3-5-9-11(7-13(25)26)21(31)23-17-15(9)19(29)16-10(6-4-2)12(8-14(27)28)22(32)24-18(16)20(17)30/h3-8H2,1-2H3,(H,23,31)(H,24,32)(H,25,26)(H,27,28). The van der Waals surface area contributed by atoms with Gasteiger partial charge in [-0.05, 0) is 24.0 Å². The molecule has 4 N–H and O–H groups in total. The lowest BCUT2D eigenvalue weighted by Gasteiger charge is -2.24. The Balaban J connectivity index is 2.41. The number of hydrogen-bond donors (Lipinski definition) is 4. The summed E-state index contributed by atoms with van der Waals surface area (Å²) >= 11 is 0. The molecule has 0 saturated heterocycles. The third-order valence-electron chi connectivity index (χ3n) is 5.42. The minimum Gasteiger partial charge on any atom is -0.481 e. The number of rotatable bonds is 8. The van der Waals surface area contributed by atoms with Crippen molar-refractivity contribution < 1.29 is 29.4 Å². The molecule has 1 aliphatic rings. The molecule has 0 bridgehead atoms. The van der Waals surface area contributed by atoms with E-state index in [4.69, 9.17) is 0 Å². The number of carboxylic acids is 2. The van der Waals surface area contributed by atoms with Crippen molar-refractivity contribution in [2.45, 2.75) is 52.4 Å². The van der Waals surface area contributed by atoms with Crippen LogP contribution in [0.25, 0.3) is 0 Å². The van der Waals surface area contributed by atoms with Crippen LogP contribution in [0.1, 0.15) is 81.0 Å². The van der Waals surface area contributed by atoms with Crippen molar-refractivity contribution in [2.75, 3.05) is 0 Å². The maximum Gasteiger partial charge on any atom is 0.308 e. The van der Waals surface area contributed by atoms with Crippen LogP contribution in [-0.4, -0.2) is 43.7 Å². The van der Waals surface area contributed by atoms with E-state index in [-0.39, 0.29) is 57.6 Å². The van der Waals surface area contributed by atoms with Crippen LogP contribution in [0.5, 0.6) is 0 Å². The van der Waals surface area contributed by atoms with E-state index in [1.165, 1.54) is 0 Å². The molecule has 1 aliphatic carbocycles. The minimum atomic E-state index is -1.26. The van der Waals surface area contributed by atoms with Gasteiger partial charge in [0.15, 0.2) is 5.78 Å². The van der Waals surface area contributed by atoms with Crippen LogP contribution in [0, 0.1) is 0 Å². The summed E-state index contributed by atoms with van der Waals surface area (Å²) in [5, 5.41) is 18.5. The Morgan fingerprint density at radius 2 is 1.03 bits per heavy atom. The van der Waals surface area contributed by atoms with E-state index in [0.717, 1.165) is 0 Å². The normalized spacial score (nSPS) is 12.4. The zero-order chi connectivity index (χ0) is 23.7. The number of aromatic amines is 2. The molecule has 10 heteroatoms. The molecular formula is C22H22N2O8. The number of pyridine rings is 2. The van der Waals surface area contributed by atoms with Crippen LogP contribution < -0.4 is 11.1 Å². The fraction of sp³-hybridized carbons (Fsp3) is 0.364. The molecule has 0 radical (unpaired) electrons. The third kappa shape index (κ3) is 3.79. The molecule has 0 aromatic carbocycles. The van der Waals surface area contributed by atoms with Crippen molar-refractivity contribution in [3.05, 3.63) is 65.5 Å². The van der Waals surface area contributed by atoms with E-state index in [2.05, 4.69) is 9.97 Å². The molecule has 0 unspecified atom stereocenters. The van der Waals surface area contributed by atoms with Gasteiger partial charge in [-0.25, -0.2) is 0 Å². The van der Waals surface area contributed by atoms with Gasteiger partial charge in [0.25, 0.3) is 11.1 Å². The first-order valence-electron chi connectivity index (χ1n) is 10.2. The fourth-order valence-electron chi connectivity index (χ4n) is 4.20. The lowest BCUT2D eigenvalue weighted by Crippen LogP contribution is -2.35. The number of aromatic nitrogens is 2. The molecule has 0 amide bonds. The first kappa shape index (κ1) is 22.9. The van der Waals surface area contributed by atoms with Crippen LogP contribution >= 0.6 is 0 Å². The largest absolute Gasteiger partial charge is 0.481 e. The number of carbonyl (C=O) groups excluding carboxylic acids is 2. The lowest BCUT2D eigenvalue weighted by atomic mass is 9.80. The van der Waals surface area contributed by atoms with E-state index in [1.807, 2.05) is 0 Å². The van der Waals surface area contributed by atoms with Crippen LogP contribution in [0.3, 0.4) is 0 Å². The summed E-state index contributed by atoms with van der Waals surface area (Å²) in [7, 11) is 0. The van der Waals surface area contributed by atoms with E-state index in [9.17, 15) is 39.0 Å². The quantitative estimate of drug-likeness (QED) is 0.399. The van der Waals surface area contributed by atoms with Crippen molar-refractivity contribution in [1.29, 1.82) is 0 Å². The van der Waals surface area contributed by atoms with Crippen molar-refractivity contribution in [3.8, 4) is 0 Å². The number of fused-ring (bicyclic) bond motifs is 2. The SMILES string of the molecule is CCCc1c2c([nH]c(=O)c1CC(=O)O)C(=O)c1[nH]c(=O)c(CC(=O)O)c(CCC)c1C2=O. The molecule has 3 rings (SSSR count). The second-order valence-corrected chi connectivity index (χ2v) is 7.62. The summed E-state index contributed by atoms with van der Waals surface area (Å²) < 4.78 is 0. The Morgan fingerprint density at radius 3 is 1.34 bits per heavy atom. The predicted octanol–water partition coefficient (Wildman–Crippen LogP) is 0.998. The summed E-state index contributed by atoms with van der Waals surface area (Å²) in [5.41, 5.74) is -2.17. The van der Waals surface area contributed by atoms with Crippen LogP contribution in [0.2, 0.25) is 0 Å². The number of aliphatic carboxylic acids is 2. The summed E-state index contributed by atoms with van der Waals surface area (Å²) in [6.45, 7) is 3.57. The Hall–Kier alpha value is -3.82. The van der Waals surface area contributed by atoms with E-state index in [1.54, 1.807) is 13.8 Å². The highest BCUT2D eigenvalue weighted by atomic mass is 16.4. The molecule has 0 atom stereocenters. The predicted molar refractivity (Wildman–Crippen MR) is 112 cm³/mol. The van der Waals surface area contributed by atoms with Crippen molar-refractivity contribution in [1.82, 2.24) is 9.97 Å². The van der Waals surface area contributed by atoms with Gasteiger partial charge in [-0.1, -0.05) is 26.7 Å². The molecular weight excluding hydrogens is 420 g/mol. The van der Waals surface area contributed by atoms with Gasteiger partial charge < -0.3 is 20.2 Å². The van der Waals surface area contributed by atoms with Gasteiger partial charge in [0.05, 0.1) is 24.0 Å². The highest BCUT2D eigenvalue weighted by Crippen LogP contribution is 2.31. The van der Waals surface area contributed by atoms with Gasteiger partial charge in [0.2, 0.25) is 5.78 Å². The van der Waals surface area contributed by atoms with Gasteiger partial charge in [0.1, 0.15) is 11.4 Å². The monoisotopic (exact) mass is 442 g/mol. The van der Waals surface area contributed by atoms with E-state index in [0.29, 0.717) is 12.8 Å². The van der Waals surface area contributed by atoms with Gasteiger partial charge in [-0.15, -0.1) is 0 Å². The molecule has 0 spiro atoms. The Bertz CT molecular complexity index is 1190. The molecule has 0 aliphatic heterocycles. The van der Waals surface area contributed by atoms with Crippen molar-refractivity contribution in [2.24, 2.45) is 0 Å². The molecule has 0 saturated carbocycles. The average molecular weight is 442 g/mol. The topological polar surface area (TPSA) is 174 Å². The minimum absolute atomic E-state index is 0.0918. The number of H-pyrrole nitrogens is 2. The molecule has 32 heavy (non-hydrogen) atoms. The maximum atomic E-state index is 13.7. The Morgan fingerprint density at radius 1 is 0.656 bits per heavy atom. The molecule has 2 aromatic rings. The third-order valence-corrected chi connectivity index (χ3v) is 5.42. The van der Waals surface area contributed by atoms with Gasteiger partial charge in [0, 0.05) is 11.1 Å². The summed E-state index contributed by atoms with van der Waals surface area (Å²) in [6.07, 6.45) is 0.104. The number of carboxylic acid groups (broad SMARTS) is 2. The molecule has 2 aromatic heterocycles. The van der Waals surface area contributed by atoms with Gasteiger partial charge in [-0.3, -0.25) is 28.8 Å². The second-order valence-electron chi connectivity index (χ2n) is 7.62. The van der Waals surface area contributed by atoms with Crippen molar-refractivity contribution in [3.63, 3.8) is 0 Å². The second kappa shape index (κ2) is 8.74. The first-order chi connectivity index (χ1) is 15.1. The van der Waals surface area contributed by atoms with E-state index < -0.39 is 47.5 Å². The van der Waals surface area contributed by atoms with Gasteiger partial charge >= 0.3 is 11.9 Å². The zero-order valence-corrected chi connectivity index (χ0v) is 17.6. The van der Waals surface area contributed by atoms with Crippen molar-refractivity contribution >= 4 is 23.5 Å². The van der Waals surface area contributed by atoms with Gasteiger partial charge in [-0.2, -0.15) is 0 Å². The number of ketones is 2. The summed E-state index contributed by atoms with van der Waals surface area (Å²) in [5.74, 6) is -3.94. The Labute approximate surface area is 181 Å². The molecule has 0 fully saturated rings. The smallest absolute Gasteiger partial charge is 0.308 e. The summed E-state index contributed by atoms with van der Waals surface area (Å²) in [6, 6.07) is 0. The first-order valence-corrected chi connectivity index (χ1v) is 10.2. The molecule has 10 nitrogen and oxygen atoms in total. The fourth-order valence-corrected chi connectivity index (χ4v) is 4.20. The average Bonchev–Trinajstić information content (AvgIpc) is 2.70. The highest BCUT2D eigenvalue weighted by Gasteiger charge is 2.38. The van der Waals surface area contributed by atoms with Crippen LogP contribution in [-0.2, 0) is 35.3 Å². The molecule has 2 heterocycles. The highest BCUT2D eigenvalue weighted by molar-refractivity contribution is 6.28. The maximum absolute atomic E-state index is 13.7. The zero-order valence-electron chi connectivity index (χ0n) is 17.6. The van der Waals surface area contributed by atoms with Crippen LogP contribution in [0.15, 0.2) is 9.59 Å². The lowest BCUT2D eigenvalue weighted by molar-refractivity contribution is -0.137. The number of carbonyl (C=O) groups is 4. The van der Waals surface area contributed by atoms with E-state index >= 15 is 0 Å². The van der Waals surface area contributed by atoms with Crippen LogP contribution in [0.4, 0.5) is 0 Å². The number of hydrogen-bond acceptors (Lipinski definition) is 6. The number of nitrogens with one attached hydrogen (secondary N) is 2.